The summed E-state index contributed by atoms with van der Waals surface area (Å²) in [6.07, 6.45) is 0. The number of amides is 2. The first-order valence-electron chi connectivity index (χ1n) is 8.77. The number of halogens is 1. The normalized spacial score (nSPS) is 13.9. The van der Waals surface area contributed by atoms with Gasteiger partial charge in [-0.1, -0.05) is 12.1 Å². The Morgan fingerprint density at radius 1 is 1.11 bits per heavy atom. The van der Waals surface area contributed by atoms with E-state index in [0.717, 1.165) is 18.8 Å². The number of hydrogen-bond donors (Lipinski definition) is 1. The predicted octanol–water partition coefficient (Wildman–Crippen LogP) is 2.37. The second-order valence-electron chi connectivity index (χ2n) is 6.34. The van der Waals surface area contributed by atoms with E-state index in [1.54, 1.807) is 6.07 Å². The van der Waals surface area contributed by atoms with E-state index < -0.39 is 11.7 Å². The van der Waals surface area contributed by atoms with Crippen LogP contribution in [0.3, 0.4) is 0 Å². The van der Waals surface area contributed by atoms with Crippen LogP contribution in [0.5, 0.6) is 0 Å². The Morgan fingerprint density at radius 3 is 2.44 bits per heavy atom. The van der Waals surface area contributed by atoms with Gasteiger partial charge in [-0.2, -0.15) is 0 Å². The first kappa shape index (κ1) is 18.8. The number of carbonyl (C=O) groups is 2. The quantitative estimate of drug-likeness (QED) is 0.877. The molecule has 3 rings (SSSR count). The van der Waals surface area contributed by atoms with E-state index >= 15 is 0 Å². The van der Waals surface area contributed by atoms with Crippen LogP contribution in [0.1, 0.15) is 10.4 Å². The van der Waals surface area contributed by atoms with Gasteiger partial charge in [0.25, 0.3) is 5.91 Å². The molecule has 7 heteroatoms. The van der Waals surface area contributed by atoms with Gasteiger partial charge >= 0.3 is 0 Å². The molecule has 0 aromatic heterocycles. The van der Waals surface area contributed by atoms with Crippen LogP contribution >= 0.6 is 0 Å². The second-order valence-corrected chi connectivity index (χ2v) is 6.34. The van der Waals surface area contributed by atoms with Crippen LogP contribution in [0.25, 0.3) is 0 Å². The van der Waals surface area contributed by atoms with Crippen molar-refractivity contribution in [3.8, 4) is 0 Å². The molecular formula is C20H22FN3O3. The fraction of sp³-hybridized carbons (Fsp3) is 0.300. The second kappa shape index (κ2) is 8.64. The molecule has 1 saturated heterocycles. The van der Waals surface area contributed by atoms with E-state index in [9.17, 15) is 14.0 Å². The van der Waals surface area contributed by atoms with Crippen molar-refractivity contribution in [2.24, 2.45) is 0 Å². The third-order valence-corrected chi connectivity index (χ3v) is 4.36. The third kappa shape index (κ3) is 4.83. The molecule has 142 valence electrons. The van der Waals surface area contributed by atoms with Gasteiger partial charge in [0.1, 0.15) is 5.82 Å². The summed E-state index contributed by atoms with van der Waals surface area (Å²) in [6, 6.07) is 13.2. The minimum atomic E-state index is -0.603. The lowest BCUT2D eigenvalue weighted by atomic mass is 10.2. The molecule has 1 aliphatic rings. The zero-order valence-electron chi connectivity index (χ0n) is 15.2. The lowest BCUT2D eigenvalue weighted by molar-refractivity contribution is -0.116. The molecule has 0 bridgehead atoms. The van der Waals surface area contributed by atoms with Gasteiger partial charge in [0.15, 0.2) is 0 Å². The van der Waals surface area contributed by atoms with Crippen molar-refractivity contribution in [2.45, 2.75) is 0 Å². The van der Waals surface area contributed by atoms with Gasteiger partial charge in [0.05, 0.1) is 25.3 Å². The molecule has 0 aliphatic carbocycles. The lowest BCUT2D eigenvalue weighted by Gasteiger charge is -2.28. The van der Waals surface area contributed by atoms with Crippen molar-refractivity contribution in [3.63, 3.8) is 0 Å². The minimum Gasteiger partial charge on any atom is -0.378 e. The topological polar surface area (TPSA) is 61.9 Å². The summed E-state index contributed by atoms with van der Waals surface area (Å²) in [6.45, 7) is 2.93. The smallest absolute Gasteiger partial charge is 0.257 e. The summed E-state index contributed by atoms with van der Waals surface area (Å²) in [5, 5.41) is 2.75. The molecule has 1 N–H and O–H groups in total. The fourth-order valence-corrected chi connectivity index (χ4v) is 2.91. The lowest BCUT2D eigenvalue weighted by Crippen LogP contribution is -2.36. The number of rotatable bonds is 5. The number of nitrogens with one attached hydrogen (secondary N) is 1. The van der Waals surface area contributed by atoms with Crippen LogP contribution in [0.15, 0.2) is 48.5 Å². The summed E-state index contributed by atoms with van der Waals surface area (Å²) in [7, 11) is 1.47. The number of nitrogens with zero attached hydrogens (tertiary/aromatic N) is 2. The molecule has 2 aromatic carbocycles. The molecule has 2 aromatic rings. The van der Waals surface area contributed by atoms with E-state index in [1.807, 2.05) is 24.3 Å². The van der Waals surface area contributed by atoms with Crippen molar-refractivity contribution in [2.75, 3.05) is 50.1 Å². The summed E-state index contributed by atoms with van der Waals surface area (Å²) in [4.78, 5) is 27.9. The highest BCUT2D eigenvalue weighted by atomic mass is 19.1. The Hall–Kier alpha value is -2.93. The standard InChI is InChI=1S/C20H22FN3O3/c1-23(20(26)17-4-2-3-5-18(17)21)14-19(25)22-15-6-8-16(9-7-15)24-10-12-27-13-11-24/h2-9H,10-14H2,1H3,(H,22,25). The molecule has 2 amide bonds. The number of hydrogen-bond acceptors (Lipinski definition) is 4. The first-order chi connectivity index (χ1) is 13.0. The third-order valence-electron chi connectivity index (χ3n) is 4.36. The van der Waals surface area contributed by atoms with Crippen LogP contribution in [0.4, 0.5) is 15.8 Å². The van der Waals surface area contributed by atoms with Crippen LogP contribution in [-0.2, 0) is 9.53 Å². The van der Waals surface area contributed by atoms with E-state index in [0.29, 0.717) is 18.9 Å². The monoisotopic (exact) mass is 371 g/mol. The maximum Gasteiger partial charge on any atom is 0.257 e. The average molecular weight is 371 g/mol. The number of likely N-dealkylation sites (N-methyl/N-ethyl adjacent to an activating group) is 1. The molecule has 1 fully saturated rings. The summed E-state index contributed by atoms with van der Waals surface area (Å²) >= 11 is 0. The molecular weight excluding hydrogens is 349 g/mol. The fourth-order valence-electron chi connectivity index (χ4n) is 2.91. The summed E-state index contributed by atoms with van der Waals surface area (Å²) in [5.74, 6) is -1.49. The van der Waals surface area contributed by atoms with Crippen molar-refractivity contribution in [1.29, 1.82) is 0 Å². The molecule has 1 heterocycles. The Labute approximate surface area is 157 Å². The van der Waals surface area contributed by atoms with Crippen LogP contribution in [0.2, 0.25) is 0 Å². The molecule has 0 radical (unpaired) electrons. The Bertz CT molecular complexity index is 804. The number of carbonyl (C=O) groups excluding carboxylic acids is 2. The van der Waals surface area contributed by atoms with E-state index in [2.05, 4.69) is 10.2 Å². The van der Waals surface area contributed by atoms with Crippen molar-refractivity contribution in [1.82, 2.24) is 4.90 Å². The number of anilines is 2. The molecule has 1 aliphatic heterocycles. The highest BCUT2D eigenvalue weighted by molar-refractivity contribution is 5.99. The molecule has 0 saturated carbocycles. The number of benzene rings is 2. The van der Waals surface area contributed by atoms with Crippen LogP contribution < -0.4 is 10.2 Å². The summed E-state index contributed by atoms with van der Waals surface area (Å²) < 4.78 is 19.1. The highest BCUT2D eigenvalue weighted by Gasteiger charge is 2.18. The molecule has 6 nitrogen and oxygen atoms in total. The predicted molar refractivity (Wildman–Crippen MR) is 101 cm³/mol. The van der Waals surface area contributed by atoms with Crippen LogP contribution in [-0.4, -0.2) is 56.6 Å². The number of ether oxygens (including phenoxy) is 1. The van der Waals surface area contributed by atoms with Gasteiger partial charge in [-0.3, -0.25) is 9.59 Å². The Balaban J connectivity index is 1.55. The van der Waals surface area contributed by atoms with Gasteiger partial charge in [0.2, 0.25) is 5.91 Å². The zero-order chi connectivity index (χ0) is 19.2. The van der Waals surface area contributed by atoms with E-state index in [-0.39, 0.29) is 18.0 Å². The van der Waals surface area contributed by atoms with Gasteiger partial charge < -0.3 is 19.9 Å². The zero-order valence-corrected chi connectivity index (χ0v) is 15.2. The van der Waals surface area contributed by atoms with Gasteiger partial charge in [-0.15, -0.1) is 0 Å². The maximum atomic E-state index is 13.7. The molecule has 0 unspecified atom stereocenters. The van der Waals surface area contributed by atoms with Crippen LogP contribution in [0, 0.1) is 5.82 Å². The van der Waals surface area contributed by atoms with E-state index in [4.69, 9.17) is 4.74 Å². The first-order valence-corrected chi connectivity index (χ1v) is 8.77. The van der Waals surface area contributed by atoms with Gasteiger partial charge in [-0.05, 0) is 36.4 Å². The Morgan fingerprint density at radius 2 is 1.78 bits per heavy atom. The summed E-state index contributed by atoms with van der Waals surface area (Å²) in [5.41, 5.74) is 1.66. The largest absolute Gasteiger partial charge is 0.378 e. The molecule has 27 heavy (non-hydrogen) atoms. The molecule has 0 atom stereocenters. The number of morpholine rings is 1. The van der Waals surface area contributed by atoms with Crippen molar-refractivity contribution < 1.29 is 18.7 Å². The van der Waals surface area contributed by atoms with Gasteiger partial charge in [0, 0.05) is 31.5 Å². The highest BCUT2D eigenvalue weighted by Crippen LogP contribution is 2.19. The van der Waals surface area contributed by atoms with E-state index in [1.165, 1.54) is 30.1 Å². The average Bonchev–Trinajstić information content (AvgIpc) is 2.69. The minimum absolute atomic E-state index is 0.0531. The van der Waals surface area contributed by atoms with Gasteiger partial charge in [-0.25, -0.2) is 4.39 Å². The SMILES string of the molecule is CN(CC(=O)Nc1ccc(N2CCOCC2)cc1)C(=O)c1ccccc1F. The maximum absolute atomic E-state index is 13.7. The van der Waals surface area contributed by atoms with Crippen molar-refractivity contribution >= 4 is 23.2 Å². The molecule has 0 spiro atoms. The van der Waals surface area contributed by atoms with Crippen molar-refractivity contribution in [3.05, 3.63) is 59.9 Å². The Kier molecular flexibility index (Phi) is 6.03.